The number of hydrogen-bond donors (Lipinski definition) is 0. The van der Waals surface area contributed by atoms with Crippen LogP contribution in [0.2, 0.25) is 0 Å². The zero-order valence-electron chi connectivity index (χ0n) is 10.8. The van der Waals surface area contributed by atoms with Crippen LogP contribution in [-0.2, 0) is 9.47 Å². The Bertz CT molecular complexity index is 458. The van der Waals surface area contributed by atoms with E-state index >= 15 is 0 Å². The van der Waals surface area contributed by atoms with Crippen molar-refractivity contribution < 1.29 is 14.2 Å². The normalized spacial score (nSPS) is 24.8. The van der Waals surface area contributed by atoms with E-state index in [0.717, 1.165) is 41.3 Å². The van der Waals surface area contributed by atoms with Crippen molar-refractivity contribution in [1.82, 2.24) is 4.98 Å². The maximum atomic E-state index is 5.86. The summed E-state index contributed by atoms with van der Waals surface area (Å²) in [4.78, 5) is 6.85. The first kappa shape index (κ1) is 13.4. The van der Waals surface area contributed by atoms with Crippen LogP contribution in [0.5, 0.6) is 5.75 Å². The van der Waals surface area contributed by atoms with E-state index in [9.17, 15) is 0 Å². The van der Waals surface area contributed by atoms with Crippen molar-refractivity contribution in [3.8, 4) is 5.75 Å². The van der Waals surface area contributed by atoms with Gasteiger partial charge in [0.05, 0.1) is 16.2 Å². The molecule has 1 unspecified atom stereocenters. The average Bonchev–Trinajstić information content (AvgIpc) is 2.82. The summed E-state index contributed by atoms with van der Waals surface area (Å²) in [5.74, 6) is 2.43. The monoisotopic (exact) mass is 376 g/mol. The Morgan fingerprint density at radius 1 is 1.58 bits per heavy atom. The molecule has 0 saturated carbocycles. The SMILES string of the molecule is COCOCC1C[C@@H]2COc3c(I)ccnc3N2C1. The predicted octanol–water partition coefficient (Wildman–Crippen LogP) is 1.89. The number of rotatable bonds is 4. The summed E-state index contributed by atoms with van der Waals surface area (Å²) in [6.07, 6.45) is 2.94. The van der Waals surface area contributed by atoms with Crippen LogP contribution in [-0.4, -0.2) is 44.7 Å². The van der Waals surface area contributed by atoms with Crippen LogP contribution in [0.1, 0.15) is 6.42 Å². The zero-order chi connectivity index (χ0) is 13.2. The van der Waals surface area contributed by atoms with E-state index in [2.05, 4.69) is 32.5 Å². The standard InChI is InChI=1S/C13H17IN2O3/c1-17-8-18-6-9-4-10-7-19-12-11(14)2-3-15-13(12)16(10)5-9/h2-3,9-10H,4-8H2,1H3/t9?,10-/m1/s1. The minimum Gasteiger partial charge on any atom is -0.486 e. The summed E-state index contributed by atoms with van der Waals surface area (Å²) < 4.78 is 17.4. The molecule has 0 aromatic carbocycles. The van der Waals surface area contributed by atoms with E-state index in [0.29, 0.717) is 18.8 Å². The number of halogens is 1. The Hall–Kier alpha value is -0.600. The van der Waals surface area contributed by atoms with E-state index in [1.54, 1.807) is 7.11 Å². The van der Waals surface area contributed by atoms with Crippen LogP contribution in [0.25, 0.3) is 0 Å². The Morgan fingerprint density at radius 3 is 3.32 bits per heavy atom. The van der Waals surface area contributed by atoms with E-state index in [1.165, 1.54) is 0 Å². The van der Waals surface area contributed by atoms with Crippen LogP contribution in [0, 0.1) is 9.49 Å². The maximum Gasteiger partial charge on any atom is 0.175 e. The Kier molecular flexibility index (Phi) is 4.09. The Labute approximate surface area is 126 Å². The molecule has 6 heteroatoms. The van der Waals surface area contributed by atoms with E-state index in [1.807, 2.05) is 12.3 Å². The summed E-state index contributed by atoms with van der Waals surface area (Å²) in [6.45, 7) is 2.83. The van der Waals surface area contributed by atoms with Crippen molar-refractivity contribution in [3.05, 3.63) is 15.8 Å². The third-order valence-electron chi connectivity index (χ3n) is 3.59. The maximum absolute atomic E-state index is 5.86. The van der Waals surface area contributed by atoms with Gasteiger partial charge in [0.2, 0.25) is 0 Å². The predicted molar refractivity (Wildman–Crippen MR) is 79.5 cm³/mol. The third-order valence-corrected chi connectivity index (χ3v) is 4.44. The minimum absolute atomic E-state index is 0.365. The second-order valence-corrected chi connectivity index (χ2v) is 6.10. The highest BCUT2D eigenvalue weighted by Gasteiger charge is 2.38. The first-order valence-corrected chi connectivity index (χ1v) is 7.48. The van der Waals surface area contributed by atoms with Crippen LogP contribution in [0.4, 0.5) is 5.82 Å². The molecule has 2 atom stereocenters. The van der Waals surface area contributed by atoms with Crippen molar-refractivity contribution in [3.63, 3.8) is 0 Å². The molecule has 0 bridgehead atoms. The number of ether oxygens (including phenoxy) is 3. The number of hydrogen-bond acceptors (Lipinski definition) is 5. The fraction of sp³-hybridized carbons (Fsp3) is 0.615. The van der Waals surface area contributed by atoms with E-state index in [-0.39, 0.29) is 0 Å². The second-order valence-electron chi connectivity index (χ2n) is 4.94. The lowest BCUT2D eigenvalue weighted by molar-refractivity contribution is -0.0414. The molecule has 19 heavy (non-hydrogen) atoms. The Balaban J connectivity index is 1.71. The number of aromatic nitrogens is 1. The number of pyridine rings is 1. The molecule has 0 N–H and O–H groups in total. The first-order valence-electron chi connectivity index (χ1n) is 6.40. The highest BCUT2D eigenvalue weighted by atomic mass is 127. The number of anilines is 1. The zero-order valence-corrected chi connectivity index (χ0v) is 13.0. The lowest BCUT2D eigenvalue weighted by Gasteiger charge is -2.32. The molecule has 1 aromatic heterocycles. The molecule has 2 aliphatic rings. The number of methoxy groups -OCH3 is 1. The molecular weight excluding hydrogens is 359 g/mol. The number of nitrogens with zero attached hydrogens (tertiary/aromatic N) is 2. The smallest absolute Gasteiger partial charge is 0.175 e. The molecule has 0 spiro atoms. The fourth-order valence-electron chi connectivity index (χ4n) is 2.78. The van der Waals surface area contributed by atoms with Gasteiger partial charge in [-0.15, -0.1) is 0 Å². The lowest BCUT2D eigenvalue weighted by atomic mass is 10.1. The van der Waals surface area contributed by atoms with Gasteiger partial charge < -0.3 is 19.1 Å². The second kappa shape index (κ2) is 5.80. The third kappa shape index (κ3) is 2.66. The topological polar surface area (TPSA) is 43.8 Å². The molecule has 1 saturated heterocycles. The highest BCUT2D eigenvalue weighted by molar-refractivity contribution is 14.1. The van der Waals surface area contributed by atoms with Crippen LogP contribution >= 0.6 is 22.6 Å². The van der Waals surface area contributed by atoms with Crippen molar-refractivity contribution in [2.45, 2.75) is 12.5 Å². The summed E-state index contributed by atoms with van der Waals surface area (Å²) >= 11 is 2.30. The van der Waals surface area contributed by atoms with E-state index < -0.39 is 0 Å². The molecule has 0 amide bonds. The van der Waals surface area contributed by atoms with Crippen LogP contribution < -0.4 is 9.64 Å². The number of fused-ring (bicyclic) bond motifs is 3. The average molecular weight is 376 g/mol. The van der Waals surface area contributed by atoms with Crippen molar-refractivity contribution >= 4 is 28.4 Å². The lowest BCUT2D eigenvalue weighted by Crippen LogP contribution is -2.39. The molecule has 1 fully saturated rings. The van der Waals surface area contributed by atoms with Crippen LogP contribution in [0.15, 0.2) is 12.3 Å². The molecule has 0 aliphatic carbocycles. The summed E-state index contributed by atoms with van der Waals surface area (Å²) in [5, 5.41) is 0. The van der Waals surface area contributed by atoms with Gasteiger partial charge in [-0.3, -0.25) is 0 Å². The summed E-state index contributed by atoms with van der Waals surface area (Å²) in [6, 6.07) is 2.41. The highest BCUT2D eigenvalue weighted by Crippen LogP contribution is 2.40. The van der Waals surface area contributed by atoms with Gasteiger partial charge in [-0.1, -0.05) is 0 Å². The summed E-state index contributed by atoms with van der Waals surface area (Å²) in [5.41, 5.74) is 0. The molecule has 104 valence electrons. The Morgan fingerprint density at radius 2 is 2.47 bits per heavy atom. The van der Waals surface area contributed by atoms with Gasteiger partial charge in [-0.05, 0) is 35.1 Å². The van der Waals surface area contributed by atoms with Gasteiger partial charge in [0.15, 0.2) is 11.6 Å². The molecule has 3 heterocycles. The van der Waals surface area contributed by atoms with Gasteiger partial charge in [-0.2, -0.15) is 0 Å². The van der Waals surface area contributed by atoms with Gasteiger partial charge in [-0.25, -0.2) is 4.98 Å². The fourth-order valence-corrected chi connectivity index (χ4v) is 3.34. The molecule has 2 aliphatic heterocycles. The molecule has 5 nitrogen and oxygen atoms in total. The van der Waals surface area contributed by atoms with Crippen LogP contribution in [0.3, 0.4) is 0 Å². The molecular formula is C13H17IN2O3. The van der Waals surface area contributed by atoms with E-state index in [4.69, 9.17) is 14.2 Å². The minimum atomic E-state index is 0.365. The van der Waals surface area contributed by atoms with Crippen molar-refractivity contribution in [2.24, 2.45) is 5.92 Å². The molecule has 1 aromatic rings. The van der Waals surface area contributed by atoms with Crippen molar-refractivity contribution in [1.29, 1.82) is 0 Å². The largest absolute Gasteiger partial charge is 0.486 e. The van der Waals surface area contributed by atoms with Crippen molar-refractivity contribution in [2.75, 3.05) is 38.6 Å². The van der Waals surface area contributed by atoms with Gasteiger partial charge in [0, 0.05) is 25.8 Å². The van der Waals surface area contributed by atoms with Gasteiger partial charge in [0.25, 0.3) is 0 Å². The van der Waals surface area contributed by atoms with Gasteiger partial charge in [0.1, 0.15) is 13.4 Å². The first-order chi connectivity index (χ1) is 9.29. The van der Waals surface area contributed by atoms with Gasteiger partial charge >= 0.3 is 0 Å². The molecule has 0 radical (unpaired) electrons. The molecule has 3 rings (SSSR count). The summed E-state index contributed by atoms with van der Waals surface area (Å²) in [7, 11) is 1.65. The quantitative estimate of drug-likeness (QED) is 0.456.